The SMILES string of the molecule is CC1(C)c2ccccc2-c2ccc3c4ccccc4n(-c4cccc(-c5nc(-c6ccccc6)nc(-c6ccc(-c7ccccc7)cc6)n5)c4)c3c21.CC1(C)c2ccccc2-c2ccc3c4ccccc4n(-c4nc(-c5ccc(-c6ccccc6)cc5)c5ccccc5n4)c3c21.CC1(C)c2ccccc2-c2ccc3c4ccccc4n(-c4nc(-c5ccccc5)cc(-c5cccc(-c6ccccc6)c5)n4)c3c21. The maximum atomic E-state index is 5.39. The maximum absolute atomic E-state index is 5.39. The normalized spacial score (nSPS) is 13.2. The Labute approximate surface area is 823 Å². The molecule has 0 fully saturated rings. The molecule has 25 aromatic rings. The number of benzene rings is 19. The Balaban J connectivity index is 0.000000110. The fourth-order valence-electron chi connectivity index (χ4n) is 23.0. The van der Waals surface area contributed by atoms with Crippen molar-refractivity contribution in [1.29, 1.82) is 0 Å². The summed E-state index contributed by atoms with van der Waals surface area (Å²) in [6, 6.07) is 163. The minimum atomic E-state index is -0.193. The van der Waals surface area contributed by atoms with Crippen LogP contribution < -0.4 is 0 Å². The van der Waals surface area contributed by atoms with E-state index in [1.54, 1.807) is 0 Å². The van der Waals surface area contributed by atoms with E-state index in [9.17, 15) is 0 Å². The Morgan fingerprint density at radius 1 is 0.183 bits per heavy atom. The number of fused-ring (bicyclic) bond motifs is 22. The van der Waals surface area contributed by atoms with Crippen molar-refractivity contribution < 1.29 is 0 Å². The first-order valence-corrected chi connectivity index (χ1v) is 48.8. The topological polar surface area (TPSA) is 105 Å². The number of aromatic nitrogens is 10. The zero-order valence-electron chi connectivity index (χ0n) is 79.4. The van der Waals surface area contributed by atoms with Crippen LogP contribution in [0.1, 0.15) is 74.9 Å². The first-order chi connectivity index (χ1) is 69.7. The lowest BCUT2D eigenvalue weighted by Gasteiger charge is -2.23. The number of nitrogens with zero attached hydrogens (tertiary/aromatic N) is 10. The highest BCUT2D eigenvalue weighted by Gasteiger charge is 2.43. The van der Waals surface area contributed by atoms with Crippen molar-refractivity contribution >= 4 is 76.3 Å². The molecule has 6 heterocycles. The quantitative estimate of drug-likeness (QED) is 0.120. The summed E-state index contributed by atoms with van der Waals surface area (Å²) in [6.07, 6.45) is 0. The van der Waals surface area contributed by atoms with Crippen LogP contribution in [0.3, 0.4) is 0 Å². The summed E-state index contributed by atoms with van der Waals surface area (Å²) in [5.41, 5.74) is 40.2. The third-order valence-electron chi connectivity index (χ3n) is 29.6. The number of hydrogen-bond acceptors (Lipinski definition) is 7. The van der Waals surface area contributed by atoms with Crippen molar-refractivity contribution in [3.05, 3.63) is 494 Å². The van der Waals surface area contributed by atoms with Crippen molar-refractivity contribution in [2.45, 2.75) is 57.8 Å². The lowest BCUT2D eigenvalue weighted by molar-refractivity contribution is 0.663. The summed E-state index contributed by atoms with van der Waals surface area (Å²) in [6.45, 7) is 14.1. The smallest absolute Gasteiger partial charge is 0.235 e. The average Bonchev–Trinajstić information content (AvgIpc) is 1.54. The Morgan fingerprint density at radius 2 is 0.500 bits per heavy atom. The standard InChI is InChI=1S/C48H34N4.C43H31N3.C41H29N3/c1-48(2)41-22-11-9-20-37(41)39-28-29-40-38-21-10-12-23-42(38)52(44(40)43(39)48)36-19-13-18-35(30-36)47-50-45(33-16-7-4-8-17-33)49-46(51-47)34-26-24-32(25-27-34)31-14-5-3-6-15-31;1-43(2)36-22-11-9-20-32(36)34-24-25-35-33-21-10-12-23-39(33)46(41(35)40(34)43)42-44-37(29-16-7-4-8-17-29)27-38(45-42)31-19-13-18-30(26-31)28-14-5-3-6-15-28;1-41(2)34-17-9-6-14-29(34)31-24-25-32-30-15-8-11-19-36(30)44(39(32)37(31)41)40-42-35-18-10-7-16-33(35)38(43-40)28-22-20-27(21-23-28)26-12-4-3-5-13-26/h3-30H,1-2H3;3-27H,1-2H3;3-25H,1-2H3. The van der Waals surface area contributed by atoms with Gasteiger partial charge in [-0.2, -0.15) is 0 Å². The lowest BCUT2D eigenvalue weighted by Crippen LogP contribution is -2.17. The van der Waals surface area contributed by atoms with E-state index < -0.39 is 0 Å². The Bertz CT molecular complexity index is 9340. The second-order valence-corrected chi connectivity index (χ2v) is 39.0. The molecular weight excluding hydrogens is 1730 g/mol. The third-order valence-corrected chi connectivity index (χ3v) is 29.6. The van der Waals surface area contributed by atoms with Crippen LogP contribution in [-0.2, 0) is 16.2 Å². The van der Waals surface area contributed by atoms with Crippen LogP contribution in [0.5, 0.6) is 0 Å². The van der Waals surface area contributed by atoms with Gasteiger partial charge in [-0.1, -0.05) is 454 Å². The number of rotatable bonds is 12. The minimum Gasteiger partial charge on any atom is -0.309 e. The molecule has 0 aliphatic heterocycles. The summed E-state index contributed by atoms with van der Waals surface area (Å²) in [5, 5.41) is 8.40. The van der Waals surface area contributed by atoms with Gasteiger partial charge in [0.15, 0.2) is 17.5 Å². The van der Waals surface area contributed by atoms with E-state index >= 15 is 0 Å². The third kappa shape index (κ3) is 13.9. The molecule has 3 aliphatic rings. The summed E-state index contributed by atoms with van der Waals surface area (Å²) < 4.78 is 7.07. The van der Waals surface area contributed by atoms with E-state index in [0.29, 0.717) is 29.4 Å². The van der Waals surface area contributed by atoms with E-state index in [1.807, 2.05) is 30.3 Å². The lowest BCUT2D eigenvalue weighted by atomic mass is 9.81. The zero-order valence-corrected chi connectivity index (χ0v) is 79.4. The Morgan fingerprint density at radius 3 is 0.972 bits per heavy atom. The molecule has 0 radical (unpaired) electrons. The van der Waals surface area contributed by atoms with Crippen LogP contribution in [0.2, 0.25) is 0 Å². The highest BCUT2D eigenvalue weighted by atomic mass is 15.2. The molecule has 10 nitrogen and oxygen atoms in total. The van der Waals surface area contributed by atoms with Gasteiger partial charge in [-0.3, -0.25) is 9.13 Å². The maximum Gasteiger partial charge on any atom is 0.235 e. The van der Waals surface area contributed by atoms with Gasteiger partial charge in [0.2, 0.25) is 11.9 Å². The number of para-hydroxylation sites is 4. The summed E-state index contributed by atoms with van der Waals surface area (Å²) in [7, 11) is 0. The molecular formula is C132H94N10. The molecule has 6 aromatic heterocycles. The van der Waals surface area contributed by atoms with E-state index in [0.717, 1.165) is 89.2 Å². The highest BCUT2D eigenvalue weighted by molar-refractivity contribution is 6.16. The van der Waals surface area contributed by atoms with Crippen molar-refractivity contribution in [2.24, 2.45) is 0 Å². The van der Waals surface area contributed by atoms with Gasteiger partial charge >= 0.3 is 0 Å². The van der Waals surface area contributed by atoms with Crippen molar-refractivity contribution in [1.82, 2.24) is 48.6 Å². The summed E-state index contributed by atoms with van der Waals surface area (Å²) in [4.78, 5) is 36.6. The van der Waals surface area contributed by atoms with Gasteiger partial charge in [-0.15, -0.1) is 0 Å². The molecule has 28 rings (SSSR count). The van der Waals surface area contributed by atoms with Gasteiger partial charge in [-0.05, 0) is 149 Å². The van der Waals surface area contributed by atoms with Gasteiger partial charge in [0.25, 0.3) is 0 Å². The molecule has 142 heavy (non-hydrogen) atoms. The molecule has 0 saturated heterocycles. The van der Waals surface area contributed by atoms with E-state index in [2.05, 4.69) is 486 Å². The van der Waals surface area contributed by atoms with E-state index in [1.165, 1.54) is 143 Å². The molecule has 0 atom stereocenters. The first-order valence-electron chi connectivity index (χ1n) is 48.8. The molecule has 0 bridgehead atoms. The van der Waals surface area contributed by atoms with Gasteiger partial charge in [0.1, 0.15) is 0 Å². The predicted octanol–water partition coefficient (Wildman–Crippen LogP) is 33.2. The Kier molecular flexibility index (Phi) is 20.1. The second-order valence-electron chi connectivity index (χ2n) is 39.0. The van der Waals surface area contributed by atoms with Gasteiger partial charge < -0.3 is 4.57 Å². The van der Waals surface area contributed by atoms with Gasteiger partial charge in [-0.25, -0.2) is 34.9 Å². The highest BCUT2D eigenvalue weighted by Crippen LogP contribution is 2.57. The fraction of sp³-hybridized carbons (Fsp3) is 0.0682. The molecule has 19 aromatic carbocycles. The van der Waals surface area contributed by atoms with Crippen LogP contribution in [-0.4, -0.2) is 48.6 Å². The average molecular weight is 1820 g/mol. The first kappa shape index (κ1) is 84.5. The predicted molar refractivity (Wildman–Crippen MR) is 586 cm³/mol. The zero-order chi connectivity index (χ0) is 95.1. The fourth-order valence-corrected chi connectivity index (χ4v) is 23.0. The minimum absolute atomic E-state index is 0.168. The molecule has 0 unspecified atom stereocenters. The molecule has 0 saturated carbocycles. The molecule has 0 N–H and O–H groups in total. The van der Waals surface area contributed by atoms with Crippen LogP contribution in [0.4, 0.5) is 0 Å². The Hall–Kier alpha value is -18.0. The second kappa shape index (κ2) is 33.7. The molecule has 3 aliphatic carbocycles. The largest absolute Gasteiger partial charge is 0.309 e. The van der Waals surface area contributed by atoms with Crippen LogP contribution >= 0.6 is 0 Å². The summed E-state index contributed by atoms with van der Waals surface area (Å²) in [5.74, 6) is 3.29. The van der Waals surface area contributed by atoms with Gasteiger partial charge in [0, 0.05) is 93.0 Å². The summed E-state index contributed by atoms with van der Waals surface area (Å²) >= 11 is 0. The van der Waals surface area contributed by atoms with Crippen molar-refractivity contribution in [3.8, 4) is 152 Å². The van der Waals surface area contributed by atoms with Crippen molar-refractivity contribution in [2.75, 3.05) is 0 Å². The number of hydrogen-bond donors (Lipinski definition) is 0. The molecule has 10 heteroatoms. The molecule has 0 spiro atoms. The van der Waals surface area contributed by atoms with E-state index in [-0.39, 0.29) is 16.2 Å². The van der Waals surface area contributed by atoms with Crippen LogP contribution in [0, 0.1) is 0 Å². The van der Waals surface area contributed by atoms with Crippen molar-refractivity contribution in [3.63, 3.8) is 0 Å². The molecule has 0 amide bonds. The van der Waals surface area contributed by atoms with Crippen LogP contribution in [0.15, 0.2) is 461 Å². The van der Waals surface area contributed by atoms with E-state index in [4.69, 9.17) is 34.9 Å². The monoisotopic (exact) mass is 1820 g/mol. The van der Waals surface area contributed by atoms with Gasteiger partial charge in [0.05, 0.1) is 55.7 Å². The molecule has 672 valence electrons. The van der Waals surface area contributed by atoms with Crippen LogP contribution in [0.25, 0.3) is 229 Å².